The van der Waals surface area contributed by atoms with Gasteiger partial charge in [-0.2, -0.15) is 0 Å². The van der Waals surface area contributed by atoms with Crippen LogP contribution >= 0.6 is 0 Å². The fourth-order valence-corrected chi connectivity index (χ4v) is 4.66. The molecule has 1 heterocycles. The first kappa shape index (κ1) is 15.9. The van der Waals surface area contributed by atoms with Crippen LogP contribution in [0.15, 0.2) is 0 Å². The van der Waals surface area contributed by atoms with Crippen LogP contribution in [0.2, 0.25) is 0 Å². The van der Waals surface area contributed by atoms with Crippen molar-refractivity contribution in [2.24, 2.45) is 0 Å². The monoisotopic (exact) mass is 276 g/mol. The average molecular weight is 276 g/mol. The maximum absolute atomic E-state index is 12.2. The lowest BCUT2D eigenvalue weighted by Crippen LogP contribution is -2.51. The molecule has 1 atom stereocenters. The largest absolute Gasteiger partial charge is 0.313 e. The van der Waals surface area contributed by atoms with Crippen molar-refractivity contribution in [2.45, 2.75) is 70.9 Å². The second-order valence-corrected chi connectivity index (χ2v) is 7.14. The maximum atomic E-state index is 12.2. The van der Waals surface area contributed by atoms with Gasteiger partial charge in [0, 0.05) is 11.6 Å². The molecule has 4 nitrogen and oxygen atoms in total. The first-order chi connectivity index (χ1) is 8.47. The van der Waals surface area contributed by atoms with Crippen molar-refractivity contribution >= 4 is 10.0 Å². The van der Waals surface area contributed by atoms with E-state index in [1.54, 1.807) is 0 Å². The molecule has 0 aromatic rings. The Kier molecular flexibility index (Phi) is 6.08. The molecule has 0 aromatic heterocycles. The van der Waals surface area contributed by atoms with Crippen molar-refractivity contribution in [1.29, 1.82) is 0 Å². The molecule has 5 heteroatoms. The van der Waals surface area contributed by atoms with Gasteiger partial charge in [-0.15, -0.1) is 0 Å². The summed E-state index contributed by atoms with van der Waals surface area (Å²) in [5.41, 5.74) is -0.256. The van der Waals surface area contributed by atoms with E-state index in [9.17, 15) is 8.42 Å². The van der Waals surface area contributed by atoms with Gasteiger partial charge in [-0.05, 0) is 38.6 Å². The summed E-state index contributed by atoms with van der Waals surface area (Å²) in [5.74, 6) is 0.217. The van der Waals surface area contributed by atoms with Crippen molar-refractivity contribution < 1.29 is 8.42 Å². The zero-order valence-corrected chi connectivity index (χ0v) is 12.8. The smallest absolute Gasteiger partial charge is 0.213 e. The zero-order chi connectivity index (χ0) is 13.6. The average Bonchev–Trinajstić information content (AvgIpc) is 2.37. The maximum Gasteiger partial charge on any atom is 0.213 e. The highest BCUT2D eigenvalue weighted by atomic mass is 32.2. The van der Waals surface area contributed by atoms with Crippen molar-refractivity contribution in [3.8, 4) is 0 Å². The lowest BCUT2D eigenvalue weighted by molar-refractivity contribution is 0.339. The molecule has 0 aliphatic carbocycles. The van der Waals surface area contributed by atoms with E-state index >= 15 is 0 Å². The third-order valence-electron chi connectivity index (χ3n) is 4.24. The quantitative estimate of drug-likeness (QED) is 0.748. The Morgan fingerprint density at radius 3 is 2.22 bits per heavy atom. The van der Waals surface area contributed by atoms with E-state index in [2.05, 4.69) is 10.0 Å². The lowest BCUT2D eigenvalue weighted by Gasteiger charge is -2.32. The highest BCUT2D eigenvalue weighted by Gasteiger charge is 2.31. The van der Waals surface area contributed by atoms with E-state index in [1.807, 2.05) is 20.8 Å². The molecule has 2 N–H and O–H groups in total. The molecular weight excluding hydrogens is 248 g/mol. The molecule has 0 amide bonds. The third kappa shape index (κ3) is 4.52. The minimum atomic E-state index is -3.19. The van der Waals surface area contributed by atoms with Gasteiger partial charge >= 0.3 is 0 Å². The minimum Gasteiger partial charge on any atom is -0.313 e. The Labute approximate surface area is 112 Å². The van der Waals surface area contributed by atoms with E-state index in [-0.39, 0.29) is 17.3 Å². The molecule has 1 unspecified atom stereocenters. The van der Waals surface area contributed by atoms with E-state index < -0.39 is 10.0 Å². The SMILES string of the molecule is CCC(CC)(CC)NS(=O)(=O)CC1CCCCN1. The first-order valence-electron chi connectivity index (χ1n) is 7.22. The van der Waals surface area contributed by atoms with Gasteiger partial charge in [0.1, 0.15) is 0 Å². The molecular formula is C13H28N2O2S. The predicted molar refractivity (Wildman–Crippen MR) is 76.2 cm³/mol. The lowest BCUT2D eigenvalue weighted by atomic mass is 9.91. The molecule has 0 radical (unpaired) electrons. The van der Waals surface area contributed by atoms with E-state index in [0.717, 1.165) is 45.1 Å². The molecule has 1 aliphatic heterocycles. The second-order valence-electron chi connectivity index (χ2n) is 5.37. The molecule has 18 heavy (non-hydrogen) atoms. The summed E-state index contributed by atoms with van der Waals surface area (Å²) in [4.78, 5) is 0. The normalized spacial score (nSPS) is 22.1. The highest BCUT2D eigenvalue weighted by Crippen LogP contribution is 2.21. The molecule has 1 rings (SSSR count). The van der Waals surface area contributed by atoms with Gasteiger partial charge in [0.2, 0.25) is 10.0 Å². The number of piperidine rings is 1. The third-order valence-corrected chi connectivity index (χ3v) is 5.82. The summed E-state index contributed by atoms with van der Waals surface area (Å²) in [6.45, 7) is 7.10. The number of rotatable bonds is 7. The summed E-state index contributed by atoms with van der Waals surface area (Å²) in [6, 6.07) is 0.125. The van der Waals surface area contributed by atoms with Crippen molar-refractivity contribution in [3.05, 3.63) is 0 Å². The van der Waals surface area contributed by atoms with Crippen LogP contribution < -0.4 is 10.0 Å². The van der Waals surface area contributed by atoms with Crippen LogP contribution in [0, 0.1) is 0 Å². The van der Waals surface area contributed by atoms with Crippen LogP contribution in [-0.4, -0.2) is 32.3 Å². The molecule has 1 fully saturated rings. The zero-order valence-electron chi connectivity index (χ0n) is 12.0. The summed E-state index contributed by atoms with van der Waals surface area (Å²) in [6.07, 6.45) is 5.80. The molecule has 108 valence electrons. The number of nitrogens with one attached hydrogen (secondary N) is 2. The summed E-state index contributed by atoms with van der Waals surface area (Å²) in [7, 11) is -3.19. The summed E-state index contributed by atoms with van der Waals surface area (Å²) >= 11 is 0. The Morgan fingerprint density at radius 1 is 1.17 bits per heavy atom. The van der Waals surface area contributed by atoms with E-state index in [0.29, 0.717) is 0 Å². The minimum absolute atomic E-state index is 0.125. The van der Waals surface area contributed by atoms with Gasteiger partial charge in [-0.25, -0.2) is 13.1 Å². The predicted octanol–water partition coefficient (Wildman–Crippen LogP) is 2.02. The topological polar surface area (TPSA) is 58.2 Å². The Hall–Kier alpha value is -0.130. The Bertz CT molecular complexity index is 323. The van der Waals surface area contributed by atoms with Gasteiger partial charge in [0.15, 0.2) is 0 Å². The molecule has 0 saturated carbocycles. The molecule has 1 aliphatic rings. The van der Waals surface area contributed by atoms with Crippen molar-refractivity contribution in [3.63, 3.8) is 0 Å². The molecule has 0 bridgehead atoms. The van der Waals surface area contributed by atoms with Crippen molar-refractivity contribution in [1.82, 2.24) is 10.0 Å². The standard InChI is InChI=1S/C13H28N2O2S/c1-4-13(5-2,6-3)15-18(16,17)11-12-9-7-8-10-14-12/h12,14-15H,4-11H2,1-3H3. The summed E-state index contributed by atoms with van der Waals surface area (Å²) in [5, 5.41) is 3.30. The van der Waals surface area contributed by atoms with Gasteiger partial charge < -0.3 is 5.32 Å². The van der Waals surface area contributed by atoms with E-state index in [1.165, 1.54) is 0 Å². The summed E-state index contributed by atoms with van der Waals surface area (Å²) < 4.78 is 27.4. The molecule has 0 aromatic carbocycles. The fourth-order valence-electron chi connectivity index (χ4n) is 2.67. The van der Waals surface area contributed by atoms with Crippen molar-refractivity contribution in [2.75, 3.05) is 12.3 Å². The highest BCUT2D eigenvalue weighted by molar-refractivity contribution is 7.89. The van der Waals surface area contributed by atoms with Crippen LogP contribution in [0.4, 0.5) is 0 Å². The van der Waals surface area contributed by atoms with Gasteiger partial charge in [0.25, 0.3) is 0 Å². The Balaban J connectivity index is 2.62. The van der Waals surface area contributed by atoms with Crippen LogP contribution in [-0.2, 0) is 10.0 Å². The van der Waals surface area contributed by atoms with Crippen LogP contribution in [0.5, 0.6) is 0 Å². The van der Waals surface area contributed by atoms with E-state index in [4.69, 9.17) is 0 Å². The number of sulfonamides is 1. The first-order valence-corrected chi connectivity index (χ1v) is 8.87. The van der Waals surface area contributed by atoms with Gasteiger partial charge in [0.05, 0.1) is 5.75 Å². The van der Waals surface area contributed by atoms with Crippen LogP contribution in [0.1, 0.15) is 59.3 Å². The second kappa shape index (κ2) is 6.87. The number of hydrogen-bond acceptors (Lipinski definition) is 3. The fraction of sp³-hybridized carbons (Fsp3) is 1.00. The van der Waals surface area contributed by atoms with Gasteiger partial charge in [-0.1, -0.05) is 27.2 Å². The Morgan fingerprint density at radius 2 is 1.78 bits per heavy atom. The number of hydrogen-bond donors (Lipinski definition) is 2. The molecule has 1 saturated heterocycles. The van der Waals surface area contributed by atoms with Crippen LogP contribution in [0.3, 0.4) is 0 Å². The van der Waals surface area contributed by atoms with Gasteiger partial charge in [-0.3, -0.25) is 0 Å². The van der Waals surface area contributed by atoms with Crippen LogP contribution in [0.25, 0.3) is 0 Å². The molecule has 0 spiro atoms.